The van der Waals surface area contributed by atoms with Gasteiger partial charge in [0.05, 0.1) is 10.0 Å². The van der Waals surface area contributed by atoms with E-state index in [0.29, 0.717) is 4.47 Å². The molecule has 0 aliphatic carbocycles. The Kier molecular flexibility index (Phi) is 4.81. The third-order valence-corrected chi connectivity index (χ3v) is 6.44. The lowest BCUT2D eigenvalue weighted by atomic mass is 10.0. The van der Waals surface area contributed by atoms with E-state index < -0.39 is 10.0 Å². The molecule has 8 heteroatoms. The van der Waals surface area contributed by atoms with Crippen LogP contribution in [0.2, 0.25) is 10.0 Å². The Hall–Kier alpha value is -0.140. The summed E-state index contributed by atoms with van der Waals surface area (Å²) in [5.74, 6) is -0.240. The number of carbonyl (C=O) groups excluding carboxylic acids is 1. The van der Waals surface area contributed by atoms with Crippen LogP contribution in [-0.4, -0.2) is 31.6 Å². The molecule has 0 N–H and O–H groups in total. The van der Waals surface area contributed by atoms with Gasteiger partial charge in [0.2, 0.25) is 10.0 Å². The predicted octanol–water partition coefficient (Wildman–Crippen LogP) is 3.36. The fourth-order valence-corrected chi connectivity index (χ4v) is 5.52. The highest BCUT2D eigenvalue weighted by Gasteiger charge is 2.34. The lowest BCUT2D eigenvalue weighted by molar-refractivity contribution is -0.124. The molecule has 1 aliphatic heterocycles. The van der Waals surface area contributed by atoms with Crippen LogP contribution in [0.5, 0.6) is 0 Å². The summed E-state index contributed by atoms with van der Waals surface area (Å²) < 4.78 is 27.1. The molecule has 0 spiro atoms. The second-order valence-corrected chi connectivity index (χ2v) is 8.28. The number of ketones is 1. The van der Waals surface area contributed by atoms with Crippen molar-refractivity contribution in [3.05, 3.63) is 26.7 Å². The Morgan fingerprint density at radius 3 is 2.35 bits per heavy atom. The average Bonchev–Trinajstić information content (AvgIpc) is 2.30. The van der Waals surface area contributed by atoms with Gasteiger partial charge in [0.1, 0.15) is 10.7 Å². The number of Topliss-reactive ketones (excluding diaryl/α,β-unsaturated/α-hetero) is 1. The molecule has 1 atom stereocenters. The standard InChI is InChI=1S/C12H12BrCl2NO3S/c1-7-6-16(3-2-11(7)17)20(18,19)12-9(14)4-8(13)5-10(12)15/h4-5,7H,2-3,6H2,1H3. The molecule has 1 aromatic carbocycles. The van der Waals surface area contributed by atoms with E-state index in [1.807, 2.05) is 0 Å². The summed E-state index contributed by atoms with van der Waals surface area (Å²) in [7, 11) is -3.80. The fraction of sp³-hybridized carbons (Fsp3) is 0.417. The monoisotopic (exact) mass is 399 g/mol. The van der Waals surface area contributed by atoms with Crippen molar-refractivity contribution in [1.29, 1.82) is 0 Å². The third kappa shape index (κ3) is 3.04. The number of nitrogens with zero attached hydrogens (tertiary/aromatic N) is 1. The number of piperidine rings is 1. The lowest BCUT2D eigenvalue weighted by Gasteiger charge is -2.29. The predicted molar refractivity (Wildman–Crippen MR) is 81.7 cm³/mol. The Morgan fingerprint density at radius 1 is 1.30 bits per heavy atom. The minimum atomic E-state index is -3.80. The van der Waals surface area contributed by atoms with E-state index >= 15 is 0 Å². The molecular weight excluding hydrogens is 389 g/mol. The Balaban J connectivity index is 2.44. The minimum absolute atomic E-state index is 0.0638. The number of hydrogen-bond acceptors (Lipinski definition) is 3. The summed E-state index contributed by atoms with van der Waals surface area (Å²) in [6.45, 7) is 2.03. The van der Waals surface area contributed by atoms with Crippen LogP contribution in [0.4, 0.5) is 0 Å². The summed E-state index contributed by atoms with van der Waals surface area (Å²) in [6.07, 6.45) is 0.214. The molecule has 1 aliphatic rings. The lowest BCUT2D eigenvalue weighted by Crippen LogP contribution is -2.43. The van der Waals surface area contributed by atoms with Crippen molar-refractivity contribution in [3.63, 3.8) is 0 Å². The van der Waals surface area contributed by atoms with Gasteiger partial charge in [0, 0.05) is 29.9 Å². The number of halogens is 3. The van der Waals surface area contributed by atoms with Crippen molar-refractivity contribution in [3.8, 4) is 0 Å². The van der Waals surface area contributed by atoms with Gasteiger partial charge in [-0.3, -0.25) is 4.79 Å². The second-order valence-electron chi connectivity index (χ2n) is 4.68. The molecule has 2 rings (SSSR count). The van der Waals surface area contributed by atoms with Crippen LogP contribution >= 0.6 is 39.1 Å². The first-order valence-corrected chi connectivity index (χ1v) is 8.90. The third-order valence-electron chi connectivity index (χ3n) is 3.20. The zero-order chi connectivity index (χ0) is 15.1. The zero-order valence-corrected chi connectivity index (χ0v) is 14.5. The number of carbonyl (C=O) groups is 1. The molecule has 0 amide bonds. The van der Waals surface area contributed by atoms with Gasteiger partial charge in [0.15, 0.2) is 0 Å². The van der Waals surface area contributed by atoms with E-state index in [2.05, 4.69) is 15.9 Å². The quantitative estimate of drug-likeness (QED) is 0.764. The molecule has 20 heavy (non-hydrogen) atoms. The van der Waals surface area contributed by atoms with E-state index in [1.54, 1.807) is 6.92 Å². The van der Waals surface area contributed by atoms with Gasteiger partial charge in [-0.05, 0) is 12.1 Å². The first-order chi connectivity index (χ1) is 9.23. The summed E-state index contributed by atoms with van der Waals surface area (Å²) in [4.78, 5) is 11.4. The van der Waals surface area contributed by atoms with Gasteiger partial charge in [-0.25, -0.2) is 8.42 Å². The van der Waals surface area contributed by atoms with Gasteiger partial charge in [0.25, 0.3) is 0 Å². The van der Waals surface area contributed by atoms with E-state index in [0.717, 1.165) is 0 Å². The van der Waals surface area contributed by atoms with Crippen molar-refractivity contribution in [2.75, 3.05) is 13.1 Å². The Bertz CT molecular complexity index is 640. The number of benzene rings is 1. The van der Waals surface area contributed by atoms with Crippen molar-refractivity contribution in [2.24, 2.45) is 5.92 Å². The highest BCUT2D eigenvalue weighted by molar-refractivity contribution is 9.10. The maximum absolute atomic E-state index is 12.6. The SMILES string of the molecule is CC1CN(S(=O)(=O)c2c(Cl)cc(Br)cc2Cl)CCC1=O. The van der Waals surface area contributed by atoms with Gasteiger partial charge in [-0.1, -0.05) is 46.1 Å². The Morgan fingerprint density at radius 2 is 1.85 bits per heavy atom. The summed E-state index contributed by atoms with van der Waals surface area (Å²) >= 11 is 15.2. The smallest absolute Gasteiger partial charge is 0.246 e. The van der Waals surface area contributed by atoms with E-state index in [-0.39, 0.29) is 46.2 Å². The van der Waals surface area contributed by atoms with Crippen molar-refractivity contribution < 1.29 is 13.2 Å². The molecule has 110 valence electrons. The maximum atomic E-state index is 12.6. The van der Waals surface area contributed by atoms with Crippen LogP contribution in [0, 0.1) is 5.92 Å². The average molecular weight is 401 g/mol. The normalized spacial score (nSPS) is 21.2. The van der Waals surface area contributed by atoms with E-state index in [1.165, 1.54) is 16.4 Å². The van der Waals surface area contributed by atoms with Crippen LogP contribution < -0.4 is 0 Å². The van der Waals surface area contributed by atoms with Crippen LogP contribution in [0.25, 0.3) is 0 Å². The van der Waals surface area contributed by atoms with Crippen molar-refractivity contribution in [2.45, 2.75) is 18.2 Å². The first-order valence-electron chi connectivity index (χ1n) is 5.91. The fourth-order valence-electron chi connectivity index (χ4n) is 2.10. The largest absolute Gasteiger partial charge is 0.299 e. The van der Waals surface area contributed by atoms with Gasteiger partial charge < -0.3 is 0 Å². The van der Waals surface area contributed by atoms with Crippen molar-refractivity contribution >= 4 is 54.9 Å². The van der Waals surface area contributed by atoms with Gasteiger partial charge in [-0.2, -0.15) is 4.31 Å². The van der Waals surface area contributed by atoms with Crippen LogP contribution in [0.3, 0.4) is 0 Å². The van der Waals surface area contributed by atoms with Crippen LogP contribution in [0.15, 0.2) is 21.5 Å². The molecule has 1 fully saturated rings. The van der Waals surface area contributed by atoms with Gasteiger partial charge in [-0.15, -0.1) is 0 Å². The van der Waals surface area contributed by atoms with E-state index in [4.69, 9.17) is 23.2 Å². The van der Waals surface area contributed by atoms with E-state index in [9.17, 15) is 13.2 Å². The molecule has 0 aromatic heterocycles. The number of rotatable bonds is 2. The molecule has 1 saturated heterocycles. The molecule has 0 bridgehead atoms. The van der Waals surface area contributed by atoms with Gasteiger partial charge >= 0.3 is 0 Å². The van der Waals surface area contributed by atoms with Crippen molar-refractivity contribution in [1.82, 2.24) is 4.31 Å². The maximum Gasteiger partial charge on any atom is 0.246 e. The Labute approximate surface area is 136 Å². The highest BCUT2D eigenvalue weighted by Crippen LogP contribution is 2.35. The number of sulfonamides is 1. The second kappa shape index (κ2) is 5.93. The summed E-state index contributed by atoms with van der Waals surface area (Å²) in [5, 5.41) is 0.128. The minimum Gasteiger partial charge on any atom is -0.299 e. The van der Waals surface area contributed by atoms with Crippen LogP contribution in [-0.2, 0) is 14.8 Å². The highest BCUT2D eigenvalue weighted by atomic mass is 79.9. The first kappa shape index (κ1) is 16.2. The van der Waals surface area contributed by atoms with Crippen LogP contribution in [0.1, 0.15) is 13.3 Å². The molecule has 1 heterocycles. The molecular formula is C12H12BrCl2NO3S. The number of hydrogen-bond donors (Lipinski definition) is 0. The zero-order valence-electron chi connectivity index (χ0n) is 10.6. The molecule has 4 nitrogen and oxygen atoms in total. The molecule has 0 saturated carbocycles. The summed E-state index contributed by atoms with van der Waals surface area (Å²) in [6, 6.07) is 2.97. The molecule has 1 aromatic rings. The topological polar surface area (TPSA) is 54.5 Å². The summed E-state index contributed by atoms with van der Waals surface area (Å²) in [5.41, 5.74) is 0. The molecule has 1 unspecified atom stereocenters. The molecule has 0 radical (unpaired) electrons.